The topological polar surface area (TPSA) is 75.4 Å². The smallest absolute Gasteiger partial charge is 0.241 e. The van der Waals surface area contributed by atoms with Crippen molar-refractivity contribution >= 4 is 11.8 Å². The van der Waals surface area contributed by atoms with Gasteiger partial charge in [0.05, 0.1) is 6.54 Å². The van der Waals surface area contributed by atoms with Crippen LogP contribution in [0.25, 0.3) is 0 Å². The van der Waals surface area contributed by atoms with E-state index in [1.54, 1.807) is 0 Å². The number of hydrogen-bond donors (Lipinski definition) is 2. The Morgan fingerprint density at radius 1 is 1.11 bits per heavy atom. The lowest BCUT2D eigenvalue weighted by Gasteiger charge is -2.28. The molecule has 1 aliphatic carbocycles. The van der Waals surface area contributed by atoms with Crippen molar-refractivity contribution in [3.05, 3.63) is 0 Å². The van der Waals surface area contributed by atoms with E-state index in [0.29, 0.717) is 6.42 Å². The van der Waals surface area contributed by atoms with Gasteiger partial charge in [-0.05, 0) is 31.6 Å². The van der Waals surface area contributed by atoms with Crippen molar-refractivity contribution < 1.29 is 9.59 Å². The number of nitrogens with zero attached hydrogens (tertiary/aromatic N) is 1. The zero-order valence-corrected chi connectivity index (χ0v) is 11.6. The van der Waals surface area contributed by atoms with Crippen molar-refractivity contribution in [1.29, 1.82) is 0 Å². The van der Waals surface area contributed by atoms with Crippen LogP contribution in [0.5, 0.6) is 0 Å². The van der Waals surface area contributed by atoms with Gasteiger partial charge in [-0.2, -0.15) is 0 Å². The summed E-state index contributed by atoms with van der Waals surface area (Å²) in [7, 11) is 0. The highest BCUT2D eigenvalue weighted by atomic mass is 16.2. The van der Waals surface area contributed by atoms with Crippen molar-refractivity contribution in [2.45, 2.75) is 51.0 Å². The number of hydrogen-bond acceptors (Lipinski definition) is 3. The zero-order chi connectivity index (χ0) is 13.7. The van der Waals surface area contributed by atoms with Crippen LogP contribution in [0.3, 0.4) is 0 Å². The SMILES string of the molecule is NC1CCCCC1CC(=O)NCC(=O)N1CCCC1. The standard InChI is InChI=1S/C14H25N3O2/c15-12-6-2-1-5-11(12)9-13(18)16-10-14(19)17-7-3-4-8-17/h11-12H,1-10,15H2,(H,16,18). The van der Waals surface area contributed by atoms with Gasteiger partial charge < -0.3 is 16.0 Å². The lowest BCUT2D eigenvalue weighted by molar-refractivity contribution is -0.132. The molecule has 0 aromatic heterocycles. The molecule has 5 nitrogen and oxygen atoms in total. The molecule has 2 aliphatic rings. The summed E-state index contributed by atoms with van der Waals surface area (Å²) in [5.41, 5.74) is 6.03. The van der Waals surface area contributed by atoms with Crippen molar-refractivity contribution in [3.63, 3.8) is 0 Å². The fourth-order valence-electron chi connectivity index (χ4n) is 3.05. The Bertz CT molecular complexity index is 327. The number of carbonyl (C=O) groups excluding carboxylic acids is 2. The summed E-state index contributed by atoms with van der Waals surface area (Å²) in [4.78, 5) is 25.5. The van der Waals surface area contributed by atoms with Gasteiger partial charge in [-0.3, -0.25) is 9.59 Å². The average Bonchev–Trinajstić information content (AvgIpc) is 2.93. The van der Waals surface area contributed by atoms with Crippen LogP contribution in [-0.4, -0.2) is 42.4 Å². The van der Waals surface area contributed by atoms with Crippen LogP contribution in [0.4, 0.5) is 0 Å². The molecule has 108 valence electrons. The lowest BCUT2D eigenvalue weighted by Crippen LogP contribution is -2.41. The number of rotatable bonds is 4. The summed E-state index contributed by atoms with van der Waals surface area (Å²) < 4.78 is 0. The Morgan fingerprint density at radius 3 is 2.47 bits per heavy atom. The second-order valence-electron chi connectivity index (χ2n) is 5.78. The van der Waals surface area contributed by atoms with Crippen molar-refractivity contribution in [3.8, 4) is 0 Å². The van der Waals surface area contributed by atoms with Crippen LogP contribution in [-0.2, 0) is 9.59 Å². The molecule has 0 aromatic rings. The Hall–Kier alpha value is -1.10. The van der Waals surface area contributed by atoms with Gasteiger partial charge in [0.25, 0.3) is 0 Å². The fourth-order valence-corrected chi connectivity index (χ4v) is 3.05. The maximum Gasteiger partial charge on any atom is 0.241 e. The van der Waals surface area contributed by atoms with E-state index in [-0.39, 0.29) is 30.3 Å². The molecule has 1 heterocycles. The van der Waals surface area contributed by atoms with E-state index < -0.39 is 0 Å². The molecule has 19 heavy (non-hydrogen) atoms. The Labute approximate surface area is 114 Å². The Kier molecular flexibility index (Phi) is 5.19. The molecule has 0 radical (unpaired) electrons. The monoisotopic (exact) mass is 267 g/mol. The number of likely N-dealkylation sites (tertiary alicyclic amines) is 1. The Balaban J connectivity index is 1.67. The molecule has 0 bridgehead atoms. The zero-order valence-electron chi connectivity index (χ0n) is 11.6. The molecule has 2 atom stereocenters. The fraction of sp³-hybridized carbons (Fsp3) is 0.857. The molecule has 1 saturated carbocycles. The Morgan fingerprint density at radius 2 is 1.79 bits per heavy atom. The average molecular weight is 267 g/mol. The van der Waals surface area contributed by atoms with Crippen LogP contribution < -0.4 is 11.1 Å². The van der Waals surface area contributed by atoms with Gasteiger partial charge in [0.1, 0.15) is 0 Å². The number of amides is 2. The highest BCUT2D eigenvalue weighted by Gasteiger charge is 2.24. The number of nitrogens with one attached hydrogen (secondary N) is 1. The molecule has 1 saturated heterocycles. The number of nitrogens with two attached hydrogens (primary N) is 1. The molecule has 2 rings (SSSR count). The molecule has 2 amide bonds. The quantitative estimate of drug-likeness (QED) is 0.784. The molecule has 2 fully saturated rings. The first-order valence-electron chi connectivity index (χ1n) is 7.47. The van der Waals surface area contributed by atoms with Crippen LogP contribution in [0, 0.1) is 5.92 Å². The van der Waals surface area contributed by atoms with Crippen LogP contribution in [0.15, 0.2) is 0 Å². The second-order valence-corrected chi connectivity index (χ2v) is 5.78. The first-order chi connectivity index (χ1) is 9.16. The predicted molar refractivity (Wildman–Crippen MR) is 73.4 cm³/mol. The van der Waals surface area contributed by atoms with E-state index in [0.717, 1.165) is 38.8 Å². The predicted octanol–water partition coefficient (Wildman–Crippen LogP) is 0.633. The minimum absolute atomic E-state index is 0.0325. The third kappa shape index (κ3) is 4.20. The van der Waals surface area contributed by atoms with Crippen LogP contribution >= 0.6 is 0 Å². The van der Waals surface area contributed by atoms with Gasteiger partial charge in [-0.15, -0.1) is 0 Å². The van der Waals surface area contributed by atoms with E-state index in [4.69, 9.17) is 5.73 Å². The maximum atomic E-state index is 11.8. The van der Waals surface area contributed by atoms with Crippen molar-refractivity contribution in [2.24, 2.45) is 11.7 Å². The molecule has 3 N–H and O–H groups in total. The lowest BCUT2D eigenvalue weighted by atomic mass is 9.83. The highest BCUT2D eigenvalue weighted by molar-refractivity contribution is 5.84. The van der Waals surface area contributed by atoms with Crippen LogP contribution in [0.1, 0.15) is 44.9 Å². The van der Waals surface area contributed by atoms with E-state index >= 15 is 0 Å². The van der Waals surface area contributed by atoms with Gasteiger partial charge in [-0.25, -0.2) is 0 Å². The first kappa shape index (κ1) is 14.3. The largest absolute Gasteiger partial charge is 0.347 e. The molecular formula is C14H25N3O2. The second kappa shape index (κ2) is 6.89. The molecule has 2 unspecified atom stereocenters. The molecule has 1 aliphatic heterocycles. The summed E-state index contributed by atoms with van der Waals surface area (Å²) in [6.45, 7) is 1.81. The normalized spacial score (nSPS) is 27.3. The van der Waals surface area contributed by atoms with Crippen LogP contribution in [0.2, 0.25) is 0 Å². The summed E-state index contributed by atoms with van der Waals surface area (Å²) in [5, 5.41) is 2.74. The minimum Gasteiger partial charge on any atom is -0.347 e. The summed E-state index contributed by atoms with van der Waals surface area (Å²) >= 11 is 0. The third-order valence-electron chi connectivity index (χ3n) is 4.31. The van der Waals surface area contributed by atoms with E-state index in [1.807, 2.05) is 4.90 Å². The number of carbonyl (C=O) groups is 2. The van der Waals surface area contributed by atoms with Gasteiger partial charge in [0.15, 0.2) is 0 Å². The highest BCUT2D eigenvalue weighted by Crippen LogP contribution is 2.25. The van der Waals surface area contributed by atoms with Gasteiger partial charge in [0.2, 0.25) is 11.8 Å². The molecule has 0 spiro atoms. The molecular weight excluding hydrogens is 242 g/mol. The maximum absolute atomic E-state index is 11.8. The van der Waals surface area contributed by atoms with Gasteiger partial charge >= 0.3 is 0 Å². The minimum atomic E-state index is -0.0325. The van der Waals surface area contributed by atoms with E-state index in [1.165, 1.54) is 12.8 Å². The van der Waals surface area contributed by atoms with E-state index in [2.05, 4.69) is 5.32 Å². The van der Waals surface area contributed by atoms with E-state index in [9.17, 15) is 9.59 Å². The third-order valence-corrected chi connectivity index (χ3v) is 4.31. The van der Waals surface area contributed by atoms with Crippen molar-refractivity contribution in [1.82, 2.24) is 10.2 Å². The molecule has 5 heteroatoms. The summed E-state index contributed by atoms with van der Waals surface area (Å²) in [6, 6.07) is 0.147. The molecule has 0 aromatic carbocycles. The van der Waals surface area contributed by atoms with Gasteiger partial charge in [-0.1, -0.05) is 12.8 Å². The summed E-state index contributed by atoms with van der Waals surface area (Å²) in [6.07, 6.45) is 7.02. The van der Waals surface area contributed by atoms with Gasteiger partial charge in [0, 0.05) is 25.6 Å². The first-order valence-corrected chi connectivity index (χ1v) is 7.47. The summed E-state index contributed by atoms with van der Waals surface area (Å²) in [5.74, 6) is 0.296. The van der Waals surface area contributed by atoms with Crippen molar-refractivity contribution in [2.75, 3.05) is 19.6 Å².